The summed E-state index contributed by atoms with van der Waals surface area (Å²) in [6.45, 7) is 4.65. The van der Waals surface area contributed by atoms with Crippen LogP contribution in [-0.2, 0) is 5.41 Å². The molecule has 1 aliphatic rings. The van der Waals surface area contributed by atoms with E-state index < -0.39 is 0 Å². The summed E-state index contributed by atoms with van der Waals surface area (Å²) in [4.78, 5) is 2.55. The van der Waals surface area contributed by atoms with Gasteiger partial charge in [-0.25, -0.2) is 0 Å². The Bertz CT molecular complexity index is 832. The lowest BCUT2D eigenvalue weighted by Crippen LogP contribution is -2.14. The highest BCUT2D eigenvalue weighted by Gasteiger charge is 2.35. The molecule has 0 saturated carbocycles. The second-order valence-corrected chi connectivity index (χ2v) is 7.36. The smallest absolute Gasteiger partial charge is 0.0159 e. The number of hydrogen-bond acceptors (Lipinski definition) is 1. The van der Waals surface area contributed by atoms with Crippen LogP contribution in [0.5, 0.6) is 0 Å². The summed E-state index contributed by atoms with van der Waals surface area (Å²) in [6.07, 6.45) is 0. The van der Waals surface area contributed by atoms with Gasteiger partial charge in [0.25, 0.3) is 0 Å². The van der Waals surface area contributed by atoms with Crippen molar-refractivity contribution in [2.45, 2.75) is 29.1 Å². The molecule has 0 unspecified atom stereocenters. The van der Waals surface area contributed by atoms with Gasteiger partial charge in [-0.15, -0.1) is 0 Å². The van der Waals surface area contributed by atoms with Crippen molar-refractivity contribution >= 4 is 11.8 Å². The Labute approximate surface area is 136 Å². The summed E-state index contributed by atoms with van der Waals surface area (Å²) in [5, 5.41) is 0. The fourth-order valence-electron chi connectivity index (χ4n) is 3.32. The minimum Gasteiger partial charge on any atom is -0.0901 e. The van der Waals surface area contributed by atoms with Crippen molar-refractivity contribution in [1.29, 1.82) is 0 Å². The zero-order valence-corrected chi connectivity index (χ0v) is 13.6. The molecule has 107 valence electrons. The number of hydrogen-bond donors (Lipinski definition) is 0. The molecule has 3 aromatic rings. The third kappa shape index (κ3) is 2.08. The second kappa shape index (κ2) is 5.03. The van der Waals surface area contributed by atoms with Gasteiger partial charge < -0.3 is 0 Å². The normalized spacial score (nSPS) is 14.5. The average molecular weight is 301 g/mol. The van der Waals surface area contributed by atoms with E-state index in [0.717, 1.165) is 0 Å². The monoisotopic (exact) mass is 301 g/mol. The van der Waals surface area contributed by atoms with E-state index in [2.05, 4.69) is 74.5 Å². The van der Waals surface area contributed by atoms with Crippen LogP contribution >= 0.6 is 11.8 Å². The quantitative estimate of drug-likeness (QED) is 0.564. The zero-order valence-electron chi connectivity index (χ0n) is 12.8. The van der Waals surface area contributed by atoms with Crippen molar-refractivity contribution in [3.63, 3.8) is 0 Å². The Morgan fingerprint density at radius 3 is 2.32 bits per heavy atom. The van der Waals surface area contributed by atoms with Crippen LogP contribution in [0.15, 0.2) is 76.5 Å². The minimum absolute atomic E-state index is 0.0764. The first-order chi connectivity index (χ1) is 10.7. The van der Waals surface area contributed by atoms with E-state index in [1.165, 1.54) is 32.0 Å². The topological polar surface area (TPSA) is 0 Å². The molecule has 0 nitrogen and oxygen atoms in total. The lowest BCUT2D eigenvalue weighted by molar-refractivity contribution is 0.658. The Morgan fingerprint density at radius 2 is 1.50 bits per heavy atom. The second-order valence-electron chi connectivity index (χ2n) is 6.22. The van der Waals surface area contributed by atoms with Gasteiger partial charge in [0.05, 0.1) is 0 Å². The van der Waals surface area contributed by atoms with Crippen molar-refractivity contribution in [1.82, 2.24) is 0 Å². The van der Waals surface area contributed by atoms with Crippen LogP contribution in [0.3, 0.4) is 0 Å². The van der Waals surface area contributed by atoms with Crippen LogP contribution in [0.1, 0.15) is 25.0 Å². The van der Waals surface area contributed by atoms with Crippen molar-refractivity contribution in [2.24, 2.45) is 0 Å². The van der Waals surface area contributed by atoms with E-state index in [1.807, 2.05) is 23.9 Å². The van der Waals surface area contributed by atoms with Crippen LogP contribution in [0.25, 0.3) is 11.1 Å². The molecular weight excluding hydrogens is 284 g/mol. The summed E-state index contributed by atoms with van der Waals surface area (Å²) in [7, 11) is 0. The minimum atomic E-state index is 0.0764. The van der Waals surface area contributed by atoms with Crippen LogP contribution in [-0.4, -0.2) is 0 Å². The lowest BCUT2D eigenvalue weighted by Gasteiger charge is -2.21. The maximum atomic E-state index is 3.07. The molecule has 0 saturated heterocycles. The molecule has 4 rings (SSSR count). The van der Waals surface area contributed by atoms with Gasteiger partial charge in [0.15, 0.2) is 0 Å². The Hall–Kier alpha value is -1.99. The van der Waals surface area contributed by atoms with Gasteiger partial charge in [-0.2, -0.15) is 0 Å². The molecule has 0 heterocycles. The summed E-state index contributed by atoms with van der Waals surface area (Å²) < 4.78 is 0. The number of rotatable bonds is 2. The molecule has 1 aliphatic carbocycles. The standard InChI is InChI=1S/C21H17S/c1-21(2)19-11-7-6-10-17(19)18-13-12-16(14-20(18)21)22-15-8-4-3-5-9-15/h4-14H,1-2H3. The summed E-state index contributed by atoms with van der Waals surface area (Å²) >= 11 is 1.81. The van der Waals surface area contributed by atoms with Crippen LogP contribution in [0, 0.1) is 6.07 Å². The predicted molar refractivity (Wildman–Crippen MR) is 93.4 cm³/mol. The van der Waals surface area contributed by atoms with E-state index in [-0.39, 0.29) is 5.41 Å². The van der Waals surface area contributed by atoms with E-state index in [0.29, 0.717) is 0 Å². The highest BCUT2D eigenvalue weighted by molar-refractivity contribution is 7.99. The molecule has 0 amide bonds. The van der Waals surface area contributed by atoms with Gasteiger partial charge in [0, 0.05) is 15.2 Å². The van der Waals surface area contributed by atoms with Gasteiger partial charge in [-0.1, -0.05) is 68.1 Å². The van der Waals surface area contributed by atoms with Gasteiger partial charge >= 0.3 is 0 Å². The predicted octanol–water partition coefficient (Wildman–Crippen LogP) is 5.94. The van der Waals surface area contributed by atoms with Gasteiger partial charge in [-0.05, 0) is 52.6 Å². The van der Waals surface area contributed by atoms with E-state index in [1.54, 1.807) is 0 Å². The van der Waals surface area contributed by atoms with Crippen molar-refractivity contribution in [3.05, 3.63) is 83.9 Å². The molecule has 1 radical (unpaired) electrons. The van der Waals surface area contributed by atoms with E-state index >= 15 is 0 Å². The fourth-order valence-corrected chi connectivity index (χ4v) is 4.18. The molecule has 0 N–H and O–H groups in total. The maximum absolute atomic E-state index is 3.07. The van der Waals surface area contributed by atoms with E-state index in [9.17, 15) is 0 Å². The summed E-state index contributed by atoms with van der Waals surface area (Å²) in [5.74, 6) is 0. The first kappa shape index (κ1) is 13.7. The largest absolute Gasteiger partial charge is 0.0901 e. The first-order valence-electron chi connectivity index (χ1n) is 7.54. The van der Waals surface area contributed by atoms with Crippen molar-refractivity contribution in [2.75, 3.05) is 0 Å². The molecule has 0 aromatic heterocycles. The van der Waals surface area contributed by atoms with Crippen LogP contribution in [0.2, 0.25) is 0 Å². The Morgan fingerprint density at radius 1 is 0.773 bits per heavy atom. The molecule has 0 bridgehead atoms. The van der Waals surface area contributed by atoms with Crippen LogP contribution in [0.4, 0.5) is 0 Å². The SMILES string of the molecule is CC1(C)c2ccccc2-c2ccc(Sc3cc[c]cc3)cc21. The summed E-state index contributed by atoms with van der Waals surface area (Å²) in [6, 6.07) is 26.9. The first-order valence-corrected chi connectivity index (χ1v) is 8.36. The summed E-state index contributed by atoms with van der Waals surface area (Å²) in [5.41, 5.74) is 5.70. The van der Waals surface area contributed by atoms with Crippen molar-refractivity contribution < 1.29 is 0 Å². The van der Waals surface area contributed by atoms with Gasteiger partial charge in [-0.3, -0.25) is 0 Å². The van der Waals surface area contributed by atoms with Gasteiger partial charge in [0.1, 0.15) is 0 Å². The molecule has 3 aromatic carbocycles. The Balaban J connectivity index is 1.79. The molecule has 1 heteroatoms. The third-order valence-corrected chi connectivity index (χ3v) is 5.48. The molecule has 0 spiro atoms. The number of benzene rings is 3. The molecule has 0 fully saturated rings. The van der Waals surface area contributed by atoms with Gasteiger partial charge in [0.2, 0.25) is 0 Å². The zero-order chi connectivity index (χ0) is 15.2. The third-order valence-electron chi connectivity index (χ3n) is 4.48. The molecule has 0 atom stereocenters. The Kier molecular flexibility index (Phi) is 3.12. The molecule has 0 aliphatic heterocycles. The average Bonchev–Trinajstić information content (AvgIpc) is 2.77. The highest BCUT2D eigenvalue weighted by Crippen LogP contribution is 2.49. The van der Waals surface area contributed by atoms with E-state index in [4.69, 9.17) is 0 Å². The molecular formula is C21H17S. The molecule has 22 heavy (non-hydrogen) atoms. The van der Waals surface area contributed by atoms with Crippen molar-refractivity contribution in [3.8, 4) is 11.1 Å². The lowest BCUT2D eigenvalue weighted by atomic mass is 9.82. The van der Waals surface area contributed by atoms with Crippen LogP contribution < -0.4 is 0 Å². The maximum Gasteiger partial charge on any atom is 0.0159 e. The highest BCUT2D eigenvalue weighted by atomic mass is 32.2. The fraction of sp³-hybridized carbons (Fsp3) is 0.143. The number of fused-ring (bicyclic) bond motifs is 3.